The summed E-state index contributed by atoms with van der Waals surface area (Å²) in [4.78, 5) is 19.0. The molecule has 7 heteroatoms. The molecule has 0 bridgehead atoms. The van der Waals surface area contributed by atoms with Crippen LogP contribution in [-0.2, 0) is 4.79 Å². The molecular formula is C11H17N3O4. The lowest BCUT2D eigenvalue weighted by atomic mass is 10.1. The molecule has 18 heavy (non-hydrogen) atoms. The number of rotatable bonds is 7. The van der Waals surface area contributed by atoms with Crippen molar-refractivity contribution in [3.05, 3.63) is 6.07 Å². The van der Waals surface area contributed by atoms with Crippen LogP contribution in [0.25, 0.3) is 0 Å². The zero-order chi connectivity index (χ0) is 13.5. The second-order valence-corrected chi connectivity index (χ2v) is 3.60. The highest BCUT2D eigenvalue weighted by Gasteiger charge is 2.15. The molecule has 0 fully saturated rings. The number of aliphatic carboxylic acids is 1. The lowest BCUT2D eigenvalue weighted by Crippen LogP contribution is -2.22. The number of carboxylic acids is 1. The normalized spacial score (nSPS) is 11.7. The van der Waals surface area contributed by atoms with E-state index in [1.807, 2.05) is 6.92 Å². The molecule has 1 atom stereocenters. The minimum absolute atomic E-state index is 0.252. The number of methoxy groups -OCH3 is 2. The standard InChI is InChI=1S/C11H17N3O4/c1-4-7(10(15)16)6-12-11-13-8(17-2)5-9(14-11)18-3/h5,7H,4,6H2,1-3H3,(H,15,16)(H,12,13,14). The van der Waals surface area contributed by atoms with Crippen molar-refractivity contribution in [2.24, 2.45) is 5.92 Å². The molecule has 0 aliphatic carbocycles. The molecule has 2 N–H and O–H groups in total. The Bertz CT molecular complexity index is 389. The van der Waals surface area contributed by atoms with Crippen molar-refractivity contribution in [1.82, 2.24) is 9.97 Å². The number of hydrogen-bond donors (Lipinski definition) is 2. The number of ether oxygens (including phenoxy) is 2. The van der Waals surface area contributed by atoms with E-state index in [0.717, 1.165) is 0 Å². The number of hydrogen-bond acceptors (Lipinski definition) is 6. The van der Waals surface area contributed by atoms with Gasteiger partial charge in [0.2, 0.25) is 17.7 Å². The van der Waals surface area contributed by atoms with Crippen LogP contribution in [0.4, 0.5) is 5.95 Å². The second kappa shape index (κ2) is 6.63. The van der Waals surface area contributed by atoms with E-state index in [2.05, 4.69) is 15.3 Å². The molecule has 1 heterocycles. The van der Waals surface area contributed by atoms with E-state index < -0.39 is 11.9 Å². The van der Waals surface area contributed by atoms with Crippen molar-refractivity contribution >= 4 is 11.9 Å². The van der Waals surface area contributed by atoms with Gasteiger partial charge in [0, 0.05) is 6.54 Å². The van der Waals surface area contributed by atoms with Gasteiger partial charge in [-0.2, -0.15) is 9.97 Å². The fourth-order valence-electron chi connectivity index (χ4n) is 1.31. The predicted molar refractivity (Wildman–Crippen MR) is 65.0 cm³/mol. The van der Waals surface area contributed by atoms with Gasteiger partial charge in [-0.05, 0) is 6.42 Å². The summed E-state index contributed by atoms with van der Waals surface area (Å²) in [5.41, 5.74) is 0. The van der Waals surface area contributed by atoms with Gasteiger partial charge in [0.05, 0.1) is 26.2 Å². The van der Waals surface area contributed by atoms with Crippen LogP contribution in [0.15, 0.2) is 6.07 Å². The van der Waals surface area contributed by atoms with E-state index in [1.165, 1.54) is 14.2 Å². The van der Waals surface area contributed by atoms with Gasteiger partial charge in [-0.1, -0.05) is 6.92 Å². The molecule has 1 rings (SSSR count). The van der Waals surface area contributed by atoms with E-state index in [9.17, 15) is 4.79 Å². The average Bonchev–Trinajstić information content (AvgIpc) is 2.38. The Labute approximate surface area is 105 Å². The summed E-state index contributed by atoms with van der Waals surface area (Å²) in [6.07, 6.45) is 0.531. The third kappa shape index (κ3) is 3.76. The van der Waals surface area contributed by atoms with Crippen molar-refractivity contribution in [2.45, 2.75) is 13.3 Å². The topological polar surface area (TPSA) is 93.6 Å². The number of aromatic nitrogens is 2. The number of nitrogens with one attached hydrogen (secondary N) is 1. The lowest BCUT2D eigenvalue weighted by molar-refractivity contribution is -0.141. The molecule has 0 aliphatic heterocycles. The van der Waals surface area contributed by atoms with Gasteiger partial charge >= 0.3 is 5.97 Å². The van der Waals surface area contributed by atoms with Gasteiger partial charge in [-0.25, -0.2) is 0 Å². The third-order valence-corrected chi connectivity index (χ3v) is 2.45. The first-order valence-electron chi connectivity index (χ1n) is 5.54. The van der Waals surface area contributed by atoms with Crippen molar-refractivity contribution in [3.63, 3.8) is 0 Å². The first-order valence-corrected chi connectivity index (χ1v) is 5.54. The zero-order valence-corrected chi connectivity index (χ0v) is 10.6. The molecule has 0 saturated heterocycles. The van der Waals surface area contributed by atoms with Gasteiger partial charge in [-0.15, -0.1) is 0 Å². The zero-order valence-electron chi connectivity index (χ0n) is 10.6. The fraction of sp³-hybridized carbons (Fsp3) is 0.545. The van der Waals surface area contributed by atoms with Crippen molar-refractivity contribution in [3.8, 4) is 11.8 Å². The molecular weight excluding hydrogens is 238 g/mol. The van der Waals surface area contributed by atoms with E-state index in [4.69, 9.17) is 14.6 Å². The summed E-state index contributed by atoms with van der Waals surface area (Å²) in [5.74, 6) is -0.336. The van der Waals surface area contributed by atoms with Crippen molar-refractivity contribution < 1.29 is 19.4 Å². The Morgan fingerprint density at radius 2 is 1.94 bits per heavy atom. The summed E-state index contributed by atoms with van der Waals surface area (Å²) in [7, 11) is 2.97. The van der Waals surface area contributed by atoms with E-state index >= 15 is 0 Å². The number of carboxylic acid groups (broad SMARTS) is 1. The Balaban J connectivity index is 2.74. The summed E-state index contributed by atoms with van der Waals surface area (Å²) >= 11 is 0. The largest absolute Gasteiger partial charge is 0.481 e. The summed E-state index contributed by atoms with van der Waals surface area (Å²) in [6.45, 7) is 2.07. The Morgan fingerprint density at radius 3 is 2.33 bits per heavy atom. The average molecular weight is 255 g/mol. The van der Waals surface area contributed by atoms with Crippen LogP contribution in [0, 0.1) is 5.92 Å². The van der Waals surface area contributed by atoms with Gasteiger partial charge in [0.15, 0.2) is 0 Å². The maximum Gasteiger partial charge on any atom is 0.308 e. The molecule has 7 nitrogen and oxygen atoms in total. The van der Waals surface area contributed by atoms with Gasteiger partial charge < -0.3 is 19.9 Å². The summed E-state index contributed by atoms with van der Waals surface area (Å²) < 4.78 is 9.98. The van der Waals surface area contributed by atoms with Crippen LogP contribution in [-0.4, -0.2) is 41.8 Å². The summed E-state index contributed by atoms with van der Waals surface area (Å²) in [6, 6.07) is 1.54. The van der Waals surface area contributed by atoms with Crippen LogP contribution in [0.3, 0.4) is 0 Å². The highest BCUT2D eigenvalue weighted by Crippen LogP contribution is 2.17. The van der Waals surface area contributed by atoms with Crippen LogP contribution >= 0.6 is 0 Å². The van der Waals surface area contributed by atoms with Crippen LogP contribution < -0.4 is 14.8 Å². The number of nitrogens with zero attached hydrogens (tertiary/aromatic N) is 2. The maximum atomic E-state index is 10.9. The summed E-state index contributed by atoms with van der Waals surface area (Å²) in [5, 5.41) is 11.8. The van der Waals surface area contributed by atoms with E-state index in [-0.39, 0.29) is 12.5 Å². The molecule has 0 radical (unpaired) electrons. The highest BCUT2D eigenvalue weighted by molar-refractivity contribution is 5.70. The Morgan fingerprint density at radius 1 is 1.39 bits per heavy atom. The fourth-order valence-corrected chi connectivity index (χ4v) is 1.31. The quantitative estimate of drug-likeness (QED) is 0.751. The number of anilines is 1. The predicted octanol–water partition coefficient (Wildman–Crippen LogP) is 1.02. The van der Waals surface area contributed by atoms with Crippen molar-refractivity contribution in [2.75, 3.05) is 26.1 Å². The molecule has 0 spiro atoms. The Hall–Kier alpha value is -2.05. The van der Waals surface area contributed by atoms with Gasteiger partial charge in [0.1, 0.15) is 0 Å². The molecule has 1 aromatic heterocycles. The monoisotopic (exact) mass is 255 g/mol. The van der Waals surface area contributed by atoms with E-state index in [0.29, 0.717) is 18.2 Å². The van der Waals surface area contributed by atoms with E-state index in [1.54, 1.807) is 6.07 Å². The van der Waals surface area contributed by atoms with Crippen LogP contribution in [0.2, 0.25) is 0 Å². The SMILES string of the molecule is CCC(CNc1nc(OC)cc(OC)n1)C(=O)O. The second-order valence-electron chi connectivity index (χ2n) is 3.60. The molecule has 0 amide bonds. The van der Waals surface area contributed by atoms with Crippen LogP contribution in [0.5, 0.6) is 11.8 Å². The smallest absolute Gasteiger partial charge is 0.308 e. The molecule has 100 valence electrons. The molecule has 0 aromatic carbocycles. The lowest BCUT2D eigenvalue weighted by Gasteiger charge is -2.12. The molecule has 1 unspecified atom stereocenters. The number of carbonyl (C=O) groups is 1. The highest BCUT2D eigenvalue weighted by atomic mass is 16.5. The first kappa shape index (κ1) is 14.0. The molecule has 0 saturated carbocycles. The van der Waals surface area contributed by atoms with Crippen LogP contribution in [0.1, 0.15) is 13.3 Å². The van der Waals surface area contributed by atoms with Gasteiger partial charge in [0.25, 0.3) is 0 Å². The third-order valence-electron chi connectivity index (χ3n) is 2.45. The molecule has 1 aromatic rings. The maximum absolute atomic E-state index is 10.9. The minimum atomic E-state index is -0.847. The van der Waals surface area contributed by atoms with Gasteiger partial charge in [-0.3, -0.25) is 4.79 Å². The minimum Gasteiger partial charge on any atom is -0.481 e. The Kier molecular flexibility index (Phi) is 5.16. The molecule has 0 aliphatic rings. The first-order chi connectivity index (χ1) is 8.60. The van der Waals surface area contributed by atoms with Crippen molar-refractivity contribution in [1.29, 1.82) is 0 Å².